The van der Waals surface area contributed by atoms with Gasteiger partial charge in [-0.1, -0.05) is 37.4 Å². The number of benzene rings is 1. The first-order valence-electron chi connectivity index (χ1n) is 3.35. The van der Waals surface area contributed by atoms with Crippen molar-refractivity contribution in [1.29, 1.82) is 0 Å². The molecule has 0 aliphatic heterocycles. The van der Waals surface area contributed by atoms with Crippen molar-refractivity contribution >= 4 is 18.2 Å². The van der Waals surface area contributed by atoms with Crippen LogP contribution >= 0.6 is 12.6 Å². The highest BCUT2D eigenvalue weighted by molar-refractivity contribution is 7.80. The summed E-state index contributed by atoms with van der Waals surface area (Å²) >= 11 is 4.28. The molecule has 1 aromatic carbocycles. The third-order valence-electron chi connectivity index (χ3n) is 1.50. The van der Waals surface area contributed by atoms with Crippen LogP contribution in [0.5, 0.6) is 0 Å². The highest BCUT2D eigenvalue weighted by Crippen LogP contribution is 2.20. The summed E-state index contributed by atoms with van der Waals surface area (Å²) in [7, 11) is 0. The van der Waals surface area contributed by atoms with Gasteiger partial charge in [0.2, 0.25) is 0 Å². The van der Waals surface area contributed by atoms with E-state index in [4.69, 9.17) is 0 Å². The van der Waals surface area contributed by atoms with E-state index in [1.54, 1.807) is 6.08 Å². The largest absolute Gasteiger partial charge is 0.143 e. The van der Waals surface area contributed by atoms with Gasteiger partial charge in [0.05, 0.1) is 0 Å². The van der Waals surface area contributed by atoms with Gasteiger partial charge >= 0.3 is 0 Å². The molecule has 0 N–H and O–H groups in total. The van der Waals surface area contributed by atoms with Gasteiger partial charge in [-0.15, -0.1) is 12.6 Å². The van der Waals surface area contributed by atoms with Gasteiger partial charge in [-0.05, 0) is 17.2 Å². The van der Waals surface area contributed by atoms with Crippen molar-refractivity contribution in [3.8, 4) is 0 Å². The van der Waals surface area contributed by atoms with Gasteiger partial charge in [0, 0.05) is 4.90 Å². The van der Waals surface area contributed by atoms with Crippen LogP contribution in [0.25, 0.3) is 5.57 Å². The van der Waals surface area contributed by atoms with E-state index in [9.17, 15) is 0 Å². The van der Waals surface area contributed by atoms with Crippen molar-refractivity contribution in [2.24, 2.45) is 0 Å². The van der Waals surface area contributed by atoms with Gasteiger partial charge in [-0.2, -0.15) is 0 Å². The molecule has 0 saturated heterocycles. The Morgan fingerprint density at radius 3 is 2.55 bits per heavy atom. The van der Waals surface area contributed by atoms with E-state index in [1.165, 1.54) is 0 Å². The number of hydrogen-bond acceptors (Lipinski definition) is 1. The van der Waals surface area contributed by atoms with Gasteiger partial charge in [0.25, 0.3) is 0 Å². The zero-order chi connectivity index (χ0) is 8.27. The molecule has 0 aliphatic rings. The normalized spacial score (nSPS) is 9.18. The fraction of sp³-hybridized carbons (Fsp3) is 0. The SMILES string of the molecule is C=CC(=C)c1ccccc1S. The topological polar surface area (TPSA) is 0 Å². The first kappa shape index (κ1) is 8.15. The second kappa shape index (κ2) is 3.44. The third kappa shape index (κ3) is 1.75. The van der Waals surface area contributed by atoms with Gasteiger partial charge in [0.1, 0.15) is 0 Å². The Labute approximate surface area is 72.7 Å². The maximum absolute atomic E-state index is 4.28. The molecule has 0 atom stereocenters. The molecular formula is C10H10S. The van der Waals surface area contributed by atoms with E-state index >= 15 is 0 Å². The van der Waals surface area contributed by atoms with Crippen LogP contribution in [0.1, 0.15) is 5.56 Å². The van der Waals surface area contributed by atoms with Crippen LogP contribution < -0.4 is 0 Å². The molecule has 11 heavy (non-hydrogen) atoms. The van der Waals surface area contributed by atoms with Crippen molar-refractivity contribution in [2.45, 2.75) is 4.90 Å². The Balaban J connectivity index is 3.13. The Morgan fingerprint density at radius 2 is 2.00 bits per heavy atom. The predicted molar refractivity (Wildman–Crippen MR) is 52.9 cm³/mol. The first-order chi connectivity index (χ1) is 5.25. The van der Waals surface area contributed by atoms with E-state index in [2.05, 4.69) is 25.8 Å². The molecule has 1 rings (SSSR count). The molecule has 0 radical (unpaired) electrons. The molecule has 0 saturated carbocycles. The van der Waals surface area contributed by atoms with Crippen molar-refractivity contribution in [3.05, 3.63) is 49.1 Å². The zero-order valence-corrected chi connectivity index (χ0v) is 7.14. The average molecular weight is 162 g/mol. The minimum atomic E-state index is 0.913. The summed E-state index contributed by atoms with van der Waals surface area (Å²) < 4.78 is 0. The summed E-state index contributed by atoms with van der Waals surface area (Å²) in [5, 5.41) is 0. The smallest absolute Gasteiger partial charge is 0.0118 e. The Kier molecular flexibility index (Phi) is 2.55. The van der Waals surface area contributed by atoms with E-state index < -0.39 is 0 Å². The molecule has 0 unspecified atom stereocenters. The van der Waals surface area contributed by atoms with Gasteiger partial charge in [-0.3, -0.25) is 0 Å². The van der Waals surface area contributed by atoms with Crippen LogP contribution in [0, 0.1) is 0 Å². The third-order valence-corrected chi connectivity index (χ3v) is 1.89. The predicted octanol–water partition coefficient (Wildman–Crippen LogP) is 3.17. The molecule has 0 fully saturated rings. The molecule has 0 aliphatic carbocycles. The van der Waals surface area contributed by atoms with Crippen molar-refractivity contribution in [2.75, 3.05) is 0 Å². The lowest BCUT2D eigenvalue weighted by Crippen LogP contribution is -1.79. The Hall–Kier alpha value is -0.950. The number of thiol groups is 1. The molecule has 1 heteroatoms. The number of hydrogen-bond donors (Lipinski definition) is 1. The molecule has 0 nitrogen and oxygen atoms in total. The summed E-state index contributed by atoms with van der Waals surface area (Å²) in [5.74, 6) is 0. The first-order valence-corrected chi connectivity index (χ1v) is 3.80. The van der Waals surface area contributed by atoms with Crippen molar-refractivity contribution in [1.82, 2.24) is 0 Å². The highest BCUT2D eigenvalue weighted by Gasteiger charge is 1.96. The maximum Gasteiger partial charge on any atom is 0.0118 e. The minimum Gasteiger partial charge on any atom is -0.143 e. The van der Waals surface area contributed by atoms with E-state index in [0.29, 0.717) is 0 Å². The maximum atomic E-state index is 4.28. The highest BCUT2D eigenvalue weighted by atomic mass is 32.1. The molecule has 0 aromatic heterocycles. The molecule has 0 amide bonds. The minimum absolute atomic E-state index is 0.913. The van der Waals surface area contributed by atoms with Crippen LogP contribution in [0.2, 0.25) is 0 Å². The second-order valence-electron chi connectivity index (χ2n) is 2.25. The molecule has 56 valence electrons. The summed E-state index contributed by atoms with van der Waals surface area (Å²) in [6.45, 7) is 7.48. The standard InChI is InChI=1S/C10H10S/c1-3-8(2)9-6-4-5-7-10(9)11/h3-7,11H,1-2H2. The molecule has 0 heterocycles. The van der Waals surface area contributed by atoms with E-state index in [1.807, 2.05) is 24.3 Å². The van der Waals surface area contributed by atoms with Gasteiger partial charge < -0.3 is 0 Å². The lowest BCUT2D eigenvalue weighted by atomic mass is 10.1. The molecule has 0 bridgehead atoms. The molecule has 1 aromatic rings. The zero-order valence-electron chi connectivity index (χ0n) is 6.25. The van der Waals surface area contributed by atoms with Gasteiger partial charge in [-0.25, -0.2) is 0 Å². The quantitative estimate of drug-likeness (QED) is 0.501. The lowest BCUT2D eigenvalue weighted by molar-refractivity contribution is 1.42. The number of allylic oxidation sites excluding steroid dienone is 2. The van der Waals surface area contributed by atoms with Crippen LogP contribution in [0.15, 0.2) is 48.4 Å². The number of rotatable bonds is 2. The Morgan fingerprint density at radius 1 is 1.36 bits per heavy atom. The second-order valence-corrected chi connectivity index (χ2v) is 2.73. The lowest BCUT2D eigenvalue weighted by Gasteiger charge is -2.02. The fourth-order valence-electron chi connectivity index (χ4n) is 0.855. The Bertz CT molecular complexity index is 287. The summed E-state index contributed by atoms with van der Waals surface area (Å²) in [6.07, 6.45) is 1.73. The van der Waals surface area contributed by atoms with Crippen LogP contribution in [-0.2, 0) is 0 Å². The summed E-state index contributed by atoms with van der Waals surface area (Å²) in [5.41, 5.74) is 1.96. The molecular weight excluding hydrogens is 152 g/mol. The average Bonchev–Trinajstić information content (AvgIpc) is 2.04. The van der Waals surface area contributed by atoms with E-state index in [0.717, 1.165) is 16.0 Å². The van der Waals surface area contributed by atoms with Crippen LogP contribution in [0.3, 0.4) is 0 Å². The van der Waals surface area contributed by atoms with Crippen molar-refractivity contribution < 1.29 is 0 Å². The summed E-state index contributed by atoms with van der Waals surface area (Å²) in [4.78, 5) is 0.942. The summed E-state index contributed by atoms with van der Waals surface area (Å²) in [6, 6.07) is 7.82. The van der Waals surface area contributed by atoms with Crippen LogP contribution in [0.4, 0.5) is 0 Å². The van der Waals surface area contributed by atoms with Gasteiger partial charge in [0.15, 0.2) is 0 Å². The van der Waals surface area contributed by atoms with E-state index in [-0.39, 0.29) is 0 Å². The fourth-order valence-corrected chi connectivity index (χ4v) is 1.16. The van der Waals surface area contributed by atoms with Crippen LogP contribution in [-0.4, -0.2) is 0 Å². The monoisotopic (exact) mass is 162 g/mol. The molecule has 0 spiro atoms. The van der Waals surface area contributed by atoms with Crippen molar-refractivity contribution in [3.63, 3.8) is 0 Å².